The number of ether oxygens (including phenoxy) is 1. The Bertz CT molecular complexity index is 799. The summed E-state index contributed by atoms with van der Waals surface area (Å²) in [4.78, 5) is 26.0. The third-order valence-electron chi connectivity index (χ3n) is 4.92. The molecule has 0 bridgehead atoms. The maximum atomic E-state index is 12.5. The predicted octanol–water partition coefficient (Wildman–Crippen LogP) is 1.84. The van der Waals surface area contributed by atoms with Crippen LogP contribution >= 0.6 is 12.4 Å². The van der Waals surface area contributed by atoms with E-state index < -0.39 is 6.04 Å². The van der Waals surface area contributed by atoms with E-state index in [1.807, 2.05) is 35.0 Å². The first-order chi connectivity index (χ1) is 12.5. The van der Waals surface area contributed by atoms with Crippen LogP contribution in [0.5, 0.6) is 0 Å². The van der Waals surface area contributed by atoms with E-state index in [1.54, 1.807) is 19.0 Å². The van der Waals surface area contributed by atoms with Crippen LogP contribution in [0.1, 0.15) is 12.8 Å². The number of rotatable bonds is 5. The van der Waals surface area contributed by atoms with E-state index in [0.29, 0.717) is 18.9 Å². The number of benzene rings is 1. The van der Waals surface area contributed by atoms with Crippen LogP contribution in [-0.4, -0.2) is 54.6 Å². The molecule has 0 radical (unpaired) electrons. The van der Waals surface area contributed by atoms with E-state index in [0.717, 1.165) is 23.7 Å². The molecule has 3 N–H and O–H groups in total. The van der Waals surface area contributed by atoms with E-state index in [4.69, 9.17) is 10.5 Å². The molecule has 1 aromatic carbocycles. The summed E-state index contributed by atoms with van der Waals surface area (Å²) in [5, 5.41) is 3.93. The lowest BCUT2D eigenvalue weighted by Crippen LogP contribution is -2.44. The molecular weight excluding hydrogens is 368 g/mol. The predicted molar refractivity (Wildman–Crippen MR) is 108 cm³/mol. The Morgan fingerprint density at radius 3 is 2.67 bits per heavy atom. The summed E-state index contributed by atoms with van der Waals surface area (Å²) in [5.74, 6) is -0.0220. The molecule has 2 aromatic rings. The van der Waals surface area contributed by atoms with Crippen LogP contribution < -0.4 is 11.1 Å². The maximum absolute atomic E-state index is 12.5. The molecule has 148 valence electrons. The zero-order valence-electron chi connectivity index (χ0n) is 15.7. The van der Waals surface area contributed by atoms with Gasteiger partial charge in [0.05, 0.1) is 11.6 Å². The number of aromatic nitrogens is 1. The van der Waals surface area contributed by atoms with Crippen molar-refractivity contribution in [1.82, 2.24) is 9.47 Å². The van der Waals surface area contributed by atoms with Crippen LogP contribution in [0.4, 0.5) is 5.69 Å². The Labute approximate surface area is 165 Å². The average Bonchev–Trinajstić information content (AvgIpc) is 3.04. The molecule has 0 spiro atoms. The monoisotopic (exact) mass is 394 g/mol. The summed E-state index contributed by atoms with van der Waals surface area (Å²) < 4.78 is 7.21. The van der Waals surface area contributed by atoms with Gasteiger partial charge in [0.25, 0.3) is 0 Å². The molecule has 1 saturated heterocycles. The third kappa shape index (κ3) is 5.00. The quantitative estimate of drug-likeness (QED) is 0.809. The summed E-state index contributed by atoms with van der Waals surface area (Å²) >= 11 is 0. The number of hydrogen-bond donors (Lipinski definition) is 2. The number of nitrogens with zero attached hydrogens (tertiary/aromatic N) is 2. The van der Waals surface area contributed by atoms with Gasteiger partial charge in [0.1, 0.15) is 6.54 Å². The van der Waals surface area contributed by atoms with Crippen LogP contribution in [0.2, 0.25) is 0 Å². The second-order valence-corrected chi connectivity index (χ2v) is 6.97. The van der Waals surface area contributed by atoms with Gasteiger partial charge in [-0.25, -0.2) is 0 Å². The van der Waals surface area contributed by atoms with Crippen LogP contribution in [0.25, 0.3) is 10.9 Å². The van der Waals surface area contributed by atoms with Gasteiger partial charge in [0, 0.05) is 39.2 Å². The van der Waals surface area contributed by atoms with Crippen molar-refractivity contribution in [1.29, 1.82) is 0 Å². The van der Waals surface area contributed by atoms with Crippen LogP contribution in [-0.2, 0) is 20.9 Å². The highest BCUT2D eigenvalue weighted by Gasteiger charge is 2.26. The fourth-order valence-corrected chi connectivity index (χ4v) is 3.20. The van der Waals surface area contributed by atoms with Gasteiger partial charge >= 0.3 is 0 Å². The first kappa shape index (κ1) is 21.2. The second kappa shape index (κ2) is 9.21. The van der Waals surface area contributed by atoms with Crippen molar-refractivity contribution in [2.45, 2.75) is 25.4 Å². The molecule has 8 heteroatoms. The lowest BCUT2D eigenvalue weighted by molar-refractivity contribution is -0.129. The van der Waals surface area contributed by atoms with Crippen molar-refractivity contribution in [3.05, 3.63) is 30.5 Å². The Morgan fingerprint density at radius 2 is 2.00 bits per heavy atom. The highest BCUT2D eigenvalue weighted by Crippen LogP contribution is 2.22. The fraction of sp³-hybridized carbons (Fsp3) is 0.474. The van der Waals surface area contributed by atoms with Gasteiger partial charge in [-0.05, 0) is 42.3 Å². The first-order valence-electron chi connectivity index (χ1n) is 8.89. The van der Waals surface area contributed by atoms with Gasteiger partial charge in [-0.15, -0.1) is 12.4 Å². The van der Waals surface area contributed by atoms with Crippen molar-refractivity contribution in [2.24, 2.45) is 11.7 Å². The summed E-state index contributed by atoms with van der Waals surface area (Å²) in [6.45, 7) is 1.57. The zero-order chi connectivity index (χ0) is 18.7. The average molecular weight is 395 g/mol. The van der Waals surface area contributed by atoms with E-state index in [9.17, 15) is 9.59 Å². The van der Waals surface area contributed by atoms with Crippen molar-refractivity contribution in [3.63, 3.8) is 0 Å². The summed E-state index contributed by atoms with van der Waals surface area (Å²) in [5.41, 5.74) is 7.72. The standard InChI is InChI=1S/C19H26N4O3.ClH/c1-22(2)17(24)12-23-8-5-13-3-4-15(11-16(13)23)21-19(25)18(20)14-6-9-26-10-7-14;/h3-5,8,11,14,18H,6-7,9-10,12,20H2,1-2H3,(H,21,25);1H. The molecule has 1 aliphatic heterocycles. The Hall–Kier alpha value is -2.09. The molecule has 1 aliphatic rings. The van der Waals surface area contributed by atoms with E-state index in [-0.39, 0.29) is 36.7 Å². The van der Waals surface area contributed by atoms with E-state index >= 15 is 0 Å². The van der Waals surface area contributed by atoms with Gasteiger partial charge in [-0.2, -0.15) is 0 Å². The van der Waals surface area contributed by atoms with Crippen LogP contribution in [0.3, 0.4) is 0 Å². The zero-order valence-corrected chi connectivity index (χ0v) is 16.5. The molecule has 27 heavy (non-hydrogen) atoms. The molecule has 2 amide bonds. The molecule has 0 aliphatic carbocycles. The smallest absolute Gasteiger partial charge is 0.241 e. The van der Waals surface area contributed by atoms with Crippen molar-refractivity contribution in [2.75, 3.05) is 32.6 Å². The third-order valence-corrected chi connectivity index (χ3v) is 4.92. The Kier molecular flexibility index (Phi) is 7.24. The van der Waals surface area contributed by atoms with Gasteiger partial charge in [0.2, 0.25) is 11.8 Å². The highest BCUT2D eigenvalue weighted by molar-refractivity contribution is 5.97. The van der Waals surface area contributed by atoms with Crippen molar-refractivity contribution < 1.29 is 14.3 Å². The Balaban J connectivity index is 0.00000261. The topological polar surface area (TPSA) is 89.6 Å². The molecule has 1 unspecified atom stereocenters. The number of halogens is 1. The largest absolute Gasteiger partial charge is 0.381 e. The maximum Gasteiger partial charge on any atom is 0.241 e. The minimum atomic E-state index is -0.545. The number of hydrogen-bond acceptors (Lipinski definition) is 4. The van der Waals surface area contributed by atoms with Crippen molar-refractivity contribution >= 4 is 40.8 Å². The molecule has 3 rings (SSSR count). The minimum absolute atomic E-state index is 0. The number of nitrogens with two attached hydrogens (primary N) is 1. The first-order valence-corrected chi connectivity index (χ1v) is 8.89. The fourth-order valence-electron chi connectivity index (χ4n) is 3.20. The molecular formula is C19H27ClN4O3. The molecule has 1 atom stereocenters. The molecule has 7 nitrogen and oxygen atoms in total. The van der Waals surface area contributed by atoms with Gasteiger partial charge < -0.3 is 25.3 Å². The number of amides is 2. The van der Waals surface area contributed by atoms with Crippen LogP contribution in [0.15, 0.2) is 30.5 Å². The molecule has 2 heterocycles. The number of fused-ring (bicyclic) bond motifs is 1. The number of likely N-dealkylation sites (N-methyl/N-ethyl adjacent to an activating group) is 1. The molecule has 1 fully saturated rings. The summed E-state index contributed by atoms with van der Waals surface area (Å²) in [6.07, 6.45) is 3.50. The normalized spacial score (nSPS) is 15.8. The summed E-state index contributed by atoms with van der Waals surface area (Å²) in [7, 11) is 3.47. The van der Waals surface area contributed by atoms with E-state index in [1.165, 1.54) is 0 Å². The lowest BCUT2D eigenvalue weighted by atomic mass is 9.92. The summed E-state index contributed by atoms with van der Waals surface area (Å²) in [6, 6.07) is 7.08. The number of carbonyl (C=O) groups excluding carboxylic acids is 2. The number of carbonyl (C=O) groups is 2. The van der Waals surface area contributed by atoms with Gasteiger partial charge in [-0.1, -0.05) is 6.07 Å². The van der Waals surface area contributed by atoms with Crippen LogP contribution in [0, 0.1) is 5.92 Å². The van der Waals surface area contributed by atoms with Gasteiger partial charge in [0.15, 0.2) is 0 Å². The minimum Gasteiger partial charge on any atom is -0.381 e. The number of nitrogens with one attached hydrogen (secondary N) is 1. The van der Waals surface area contributed by atoms with Crippen molar-refractivity contribution in [3.8, 4) is 0 Å². The molecule has 1 aromatic heterocycles. The lowest BCUT2D eigenvalue weighted by Gasteiger charge is -2.26. The van der Waals surface area contributed by atoms with E-state index in [2.05, 4.69) is 5.32 Å². The SMILES string of the molecule is CN(C)C(=O)Cn1ccc2ccc(NC(=O)C(N)C3CCOCC3)cc21.Cl. The second-order valence-electron chi connectivity index (χ2n) is 6.97. The number of anilines is 1. The van der Waals surface area contributed by atoms with Gasteiger partial charge in [-0.3, -0.25) is 9.59 Å². The highest BCUT2D eigenvalue weighted by atomic mass is 35.5. The molecule has 0 saturated carbocycles. The Morgan fingerprint density at radius 1 is 1.30 bits per heavy atom.